The summed E-state index contributed by atoms with van der Waals surface area (Å²) >= 11 is 1.23. The van der Waals surface area contributed by atoms with Gasteiger partial charge >= 0.3 is 0 Å². The van der Waals surface area contributed by atoms with Gasteiger partial charge in [-0.1, -0.05) is 4.49 Å². The Balaban J connectivity index is 1.71. The zero-order valence-electron chi connectivity index (χ0n) is 8.93. The van der Waals surface area contributed by atoms with Crippen molar-refractivity contribution in [2.45, 2.75) is 18.9 Å². The molecule has 5 nitrogen and oxygen atoms in total. The molecular formula is C10H14N4OS. The van der Waals surface area contributed by atoms with Crippen molar-refractivity contribution in [2.75, 3.05) is 19.6 Å². The summed E-state index contributed by atoms with van der Waals surface area (Å²) in [5, 5.41) is 9.04. The van der Waals surface area contributed by atoms with Crippen LogP contribution in [0.3, 0.4) is 0 Å². The standard InChI is InChI=1S/C10H14N4OS/c15-10(9-6-16-13-12-9)14-4-7-2-1-3-11-8(7)5-14/h6-8,11H,1-5H2/t7-,8+/m0/s1. The summed E-state index contributed by atoms with van der Waals surface area (Å²) in [6, 6.07) is 0.490. The minimum atomic E-state index is 0.0324. The number of likely N-dealkylation sites (tertiary alicyclic amines) is 1. The third-order valence-electron chi connectivity index (χ3n) is 3.47. The summed E-state index contributed by atoms with van der Waals surface area (Å²) in [4.78, 5) is 14.0. The van der Waals surface area contributed by atoms with Gasteiger partial charge in [-0.3, -0.25) is 4.79 Å². The van der Waals surface area contributed by atoms with Crippen LogP contribution in [0.4, 0.5) is 0 Å². The van der Waals surface area contributed by atoms with E-state index in [1.807, 2.05) is 4.90 Å². The highest BCUT2D eigenvalue weighted by Crippen LogP contribution is 2.25. The maximum Gasteiger partial charge on any atom is 0.275 e. The molecule has 3 heterocycles. The van der Waals surface area contributed by atoms with Crippen LogP contribution in [0, 0.1) is 5.92 Å². The van der Waals surface area contributed by atoms with E-state index in [-0.39, 0.29) is 5.91 Å². The third-order valence-corrected chi connectivity index (χ3v) is 3.97. The Morgan fingerprint density at radius 3 is 3.25 bits per heavy atom. The van der Waals surface area contributed by atoms with Crippen LogP contribution >= 0.6 is 11.5 Å². The van der Waals surface area contributed by atoms with Crippen molar-refractivity contribution in [3.63, 3.8) is 0 Å². The van der Waals surface area contributed by atoms with E-state index in [1.54, 1.807) is 5.38 Å². The summed E-state index contributed by atoms with van der Waals surface area (Å²) in [5.74, 6) is 0.661. The molecule has 1 amide bonds. The Kier molecular flexibility index (Phi) is 2.61. The molecule has 6 heteroatoms. The van der Waals surface area contributed by atoms with Gasteiger partial charge in [0.2, 0.25) is 0 Å². The summed E-state index contributed by atoms with van der Waals surface area (Å²) in [5.41, 5.74) is 0.489. The third kappa shape index (κ3) is 1.72. The smallest absolute Gasteiger partial charge is 0.275 e. The van der Waals surface area contributed by atoms with E-state index < -0.39 is 0 Å². The second kappa shape index (κ2) is 4.10. The molecule has 3 rings (SSSR count). The van der Waals surface area contributed by atoms with Crippen LogP contribution < -0.4 is 5.32 Å². The molecule has 0 unspecified atom stereocenters. The first kappa shape index (κ1) is 10.2. The highest BCUT2D eigenvalue weighted by molar-refractivity contribution is 7.03. The van der Waals surface area contributed by atoms with E-state index in [0.717, 1.165) is 19.6 Å². The number of aromatic nitrogens is 2. The zero-order chi connectivity index (χ0) is 11.0. The summed E-state index contributed by atoms with van der Waals surface area (Å²) < 4.78 is 3.73. The molecule has 0 bridgehead atoms. The van der Waals surface area contributed by atoms with Crippen LogP contribution in [0.25, 0.3) is 0 Å². The highest BCUT2D eigenvalue weighted by atomic mass is 32.1. The molecule has 0 spiro atoms. The van der Waals surface area contributed by atoms with Crippen LogP contribution in [-0.2, 0) is 0 Å². The quantitative estimate of drug-likeness (QED) is 0.767. The Bertz CT molecular complexity index is 366. The van der Waals surface area contributed by atoms with E-state index in [9.17, 15) is 4.79 Å². The monoisotopic (exact) mass is 238 g/mol. The number of carbonyl (C=O) groups is 1. The van der Waals surface area contributed by atoms with Gasteiger partial charge in [0.15, 0.2) is 5.69 Å². The van der Waals surface area contributed by atoms with E-state index in [4.69, 9.17) is 0 Å². The number of amides is 1. The fourth-order valence-corrected chi connectivity index (χ4v) is 3.06. The number of fused-ring (bicyclic) bond motifs is 1. The van der Waals surface area contributed by atoms with Crippen molar-refractivity contribution in [2.24, 2.45) is 5.92 Å². The molecular weight excluding hydrogens is 224 g/mol. The van der Waals surface area contributed by atoms with E-state index in [1.165, 1.54) is 24.4 Å². The van der Waals surface area contributed by atoms with Crippen molar-refractivity contribution in [1.29, 1.82) is 0 Å². The fraction of sp³-hybridized carbons (Fsp3) is 0.700. The van der Waals surface area contributed by atoms with E-state index >= 15 is 0 Å². The second-order valence-electron chi connectivity index (χ2n) is 4.46. The SMILES string of the molecule is O=C(c1csnn1)N1C[C@@H]2CCCN[C@@H]2C1. The molecule has 2 atom stereocenters. The number of hydrogen-bond acceptors (Lipinski definition) is 5. The summed E-state index contributed by atoms with van der Waals surface area (Å²) in [6.07, 6.45) is 2.46. The molecule has 2 aliphatic rings. The van der Waals surface area contributed by atoms with Gasteiger partial charge in [0.05, 0.1) is 0 Å². The molecule has 1 aromatic rings. The molecule has 1 N–H and O–H groups in total. The van der Waals surface area contributed by atoms with Crippen LogP contribution in [-0.4, -0.2) is 46.1 Å². The van der Waals surface area contributed by atoms with Crippen molar-refractivity contribution in [1.82, 2.24) is 19.8 Å². The number of nitrogens with one attached hydrogen (secondary N) is 1. The Labute approximate surface area is 98.0 Å². The van der Waals surface area contributed by atoms with Gasteiger partial charge in [-0.2, -0.15) is 0 Å². The van der Waals surface area contributed by atoms with Crippen LogP contribution in [0.15, 0.2) is 5.38 Å². The second-order valence-corrected chi connectivity index (χ2v) is 5.07. The number of rotatable bonds is 1. The number of piperidine rings is 1. The Morgan fingerprint density at radius 2 is 2.50 bits per heavy atom. The highest BCUT2D eigenvalue weighted by Gasteiger charge is 2.37. The molecule has 2 fully saturated rings. The average Bonchev–Trinajstić information content (AvgIpc) is 2.97. The number of carbonyl (C=O) groups excluding carboxylic acids is 1. The van der Waals surface area contributed by atoms with Gasteiger partial charge in [0.1, 0.15) is 0 Å². The van der Waals surface area contributed by atoms with Gasteiger partial charge in [0, 0.05) is 24.5 Å². The van der Waals surface area contributed by atoms with E-state index in [2.05, 4.69) is 14.9 Å². The van der Waals surface area contributed by atoms with Gasteiger partial charge in [0.25, 0.3) is 5.91 Å². The first-order valence-electron chi connectivity index (χ1n) is 5.64. The van der Waals surface area contributed by atoms with Gasteiger partial charge in [-0.25, -0.2) is 0 Å². The van der Waals surface area contributed by atoms with Crippen molar-refractivity contribution >= 4 is 17.4 Å². The summed E-state index contributed by atoms with van der Waals surface area (Å²) in [7, 11) is 0. The predicted molar refractivity (Wildman–Crippen MR) is 60.3 cm³/mol. The minimum absolute atomic E-state index is 0.0324. The van der Waals surface area contributed by atoms with Crippen molar-refractivity contribution < 1.29 is 4.79 Å². The molecule has 0 radical (unpaired) electrons. The molecule has 2 saturated heterocycles. The molecule has 1 aromatic heterocycles. The molecule has 0 saturated carbocycles. The fourth-order valence-electron chi connectivity index (χ4n) is 2.63. The predicted octanol–water partition coefficient (Wildman–Crippen LogP) is 0.362. The zero-order valence-corrected chi connectivity index (χ0v) is 9.74. The topological polar surface area (TPSA) is 58.1 Å². The lowest BCUT2D eigenvalue weighted by Gasteiger charge is -2.24. The maximum atomic E-state index is 12.1. The normalized spacial score (nSPS) is 29.1. The molecule has 0 aromatic carbocycles. The van der Waals surface area contributed by atoms with Gasteiger partial charge in [-0.15, -0.1) is 5.10 Å². The first-order valence-corrected chi connectivity index (χ1v) is 6.48. The molecule has 86 valence electrons. The Morgan fingerprint density at radius 1 is 1.56 bits per heavy atom. The van der Waals surface area contributed by atoms with Crippen LogP contribution in [0.1, 0.15) is 23.3 Å². The van der Waals surface area contributed by atoms with Gasteiger partial charge in [-0.05, 0) is 36.8 Å². The first-order chi connectivity index (χ1) is 7.84. The average molecular weight is 238 g/mol. The number of nitrogens with zero attached hydrogens (tertiary/aromatic N) is 3. The lowest BCUT2D eigenvalue weighted by molar-refractivity contribution is 0.0780. The maximum absolute atomic E-state index is 12.1. The van der Waals surface area contributed by atoms with Crippen molar-refractivity contribution in [3.05, 3.63) is 11.1 Å². The lowest BCUT2D eigenvalue weighted by Crippen LogP contribution is -2.41. The van der Waals surface area contributed by atoms with Crippen LogP contribution in [0.5, 0.6) is 0 Å². The molecule has 16 heavy (non-hydrogen) atoms. The number of hydrogen-bond donors (Lipinski definition) is 1. The lowest BCUT2D eigenvalue weighted by atomic mass is 9.94. The van der Waals surface area contributed by atoms with Crippen LogP contribution in [0.2, 0.25) is 0 Å². The molecule has 2 aliphatic heterocycles. The minimum Gasteiger partial charge on any atom is -0.335 e. The van der Waals surface area contributed by atoms with Crippen molar-refractivity contribution in [3.8, 4) is 0 Å². The Hall–Kier alpha value is -1.01. The largest absolute Gasteiger partial charge is 0.335 e. The van der Waals surface area contributed by atoms with E-state index in [0.29, 0.717) is 17.7 Å². The molecule has 0 aliphatic carbocycles. The summed E-state index contributed by atoms with van der Waals surface area (Å²) in [6.45, 7) is 2.77. The van der Waals surface area contributed by atoms with Gasteiger partial charge < -0.3 is 10.2 Å².